The lowest BCUT2D eigenvalue weighted by atomic mass is 10.2. The van der Waals surface area contributed by atoms with Crippen molar-refractivity contribution in [3.05, 3.63) is 46.0 Å². The Morgan fingerprint density at radius 3 is 2.61 bits per heavy atom. The summed E-state index contributed by atoms with van der Waals surface area (Å²) >= 11 is 6.10. The maximum atomic E-state index is 13.6. The Hall–Kier alpha value is -1.39. The first-order valence-corrected chi connectivity index (χ1v) is 6.07. The maximum absolute atomic E-state index is 13.6. The van der Waals surface area contributed by atoms with E-state index in [9.17, 15) is 4.39 Å². The van der Waals surface area contributed by atoms with Gasteiger partial charge >= 0.3 is 0 Å². The zero-order chi connectivity index (χ0) is 13.3. The van der Waals surface area contributed by atoms with E-state index in [0.717, 1.165) is 17.0 Å². The summed E-state index contributed by atoms with van der Waals surface area (Å²) < 4.78 is 15.2. The Bertz CT molecular complexity index is 578. The van der Waals surface area contributed by atoms with E-state index in [2.05, 4.69) is 10.4 Å². The average molecular weight is 268 g/mol. The molecule has 1 aromatic carbocycles. The van der Waals surface area contributed by atoms with Crippen LogP contribution in [0.15, 0.2) is 18.2 Å². The van der Waals surface area contributed by atoms with E-state index in [4.69, 9.17) is 11.6 Å². The zero-order valence-corrected chi connectivity index (χ0v) is 11.3. The van der Waals surface area contributed by atoms with Crippen molar-refractivity contribution in [1.82, 2.24) is 15.1 Å². The van der Waals surface area contributed by atoms with Gasteiger partial charge in [-0.05, 0) is 44.7 Å². The molecule has 0 bridgehead atoms. The first kappa shape index (κ1) is 13.1. The Morgan fingerprint density at radius 2 is 2.06 bits per heavy atom. The molecular weight excluding hydrogens is 253 g/mol. The second kappa shape index (κ2) is 5.08. The first-order chi connectivity index (χ1) is 8.52. The number of hydrogen-bond acceptors (Lipinski definition) is 2. The predicted octanol–water partition coefficient (Wildman–Crippen LogP) is 3.00. The number of nitrogens with one attached hydrogen (secondary N) is 1. The molecule has 0 radical (unpaired) electrons. The summed E-state index contributed by atoms with van der Waals surface area (Å²) in [6.45, 7) is 4.31. The van der Waals surface area contributed by atoms with Crippen molar-refractivity contribution in [2.24, 2.45) is 0 Å². The van der Waals surface area contributed by atoms with Crippen molar-refractivity contribution in [2.75, 3.05) is 7.05 Å². The maximum Gasteiger partial charge on any atom is 0.125 e. The summed E-state index contributed by atoms with van der Waals surface area (Å²) in [5.41, 5.74) is 3.12. The van der Waals surface area contributed by atoms with Crippen LogP contribution in [0.5, 0.6) is 0 Å². The predicted molar refractivity (Wildman–Crippen MR) is 70.8 cm³/mol. The van der Waals surface area contributed by atoms with E-state index >= 15 is 0 Å². The van der Waals surface area contributed by atoms with Crippen molar-refractivity contribution in [2.45, 2.75) is 20.4 Å². The third kappa shape index (κ3) is 2.40. The summed E-state index contributed by atoms with van der Waals surface area (Å²) in [5, 5.41) is 7.94. The highest BCUT2D eigenvalue weighted by molar-refractivity contribution is 6.31. The Kier molecular flexibility index (Phi) is 3.68. The molecule has 0 spiro atoms. The summed E-state index contributed by atoms with van der Waals surface area (Å²) in [7, 11) is 1.82. The Morgan fingerprint density at radius 1 is 1.33 bits per heavy atom. The number of aryl methyl sites for hydroxylation is 1. The van der Waals surface area contributed by atoms with Gasteiger partial charge in [0.25, 0.3) is 0 Å². The molecule has 18 heavy (non-hydrogen) atoms. The molecule has 0 saturated heterocycles. The van der Waals surface area contributed by atoms with Crippen molar-refractivity contribution < 1.29 is 4.39 Å². The summed E-state index contributed by atoms with van der Waals surface area (Å²) in [5.74, 6) is -0.276. The fourth-order valence-corrected chi connectivity index (χ4v) is 2.05. The molecule has 96 valence electrons. The van der Waals surface area contributed by atoms with Crippen molar-refractivity contribution in [1.29, 1.82) is 0 Å². The van der Waals surface area contributed by atoms with Crippen LogP contribution >= 0.6 is 11.6 Å². The van der Waals surface area contributed by atoms with Crippen LogP contribution in [0.4, 0.5) is 4.39 Å². The summed E-state index contributed by atoms with van der Waals surface area (Å²) in [4.78, 5) is 0. The molecular formula is C13H15ClFN3. The second-order valence-corrected chi connectivity index (χ2v) is 4.62. The molecule has 2 rings (SSSR count). The molecule has 1 heterocycles. The van der Waals surface area contributed by atoms with Gasteiger partial charge < -0.3 is 5.32 Å². The van der Waals surface area contributed by atoms with Gasteiger partial charge in [0.15, 0.2) is 0 Å². The van der Waals surface area contributed by atoms with Gasteiger partial charge in [0.05, 0.1) is 22.1 Å². The number of hydrogen-bond donors (Lipinski definition) is 1. The van der Waals surface area contributed by atoms with Crippen molar-refractivity contribution >= 4 is 11.6 Å². The minimum atomic E-state index is -0.276. The molecule has 0 aliphatic carbocycles. The fourth-order valence-electron chi connectivity index (χ4n) is 1.94. The minimum Gasteiger partial charge on any atom is -0.316 e. The van der Waals surface area contributed by atoms with Gasteiger partial charge in [0.1, 0.15) is 5.82 Å². The molecule has 0 aliphatic rings. The van der Waals surface area contributed by atoms with E-state index < -0.39 is 0 Å². The number of nitrogens with zero attached hydrogens (tertiary/aromatic N) is 2. The number of halogens is 2. The minimum absolute atomic E-state index is 0.276. The van der Waals surface area contributed by atoms with Gasteiger partial charge in [-0.25, -0.2) is 9.07 Å². The Labute approximate surface area is 111 Å². The molecule has 3 nitrogen and oxygen atoms in total. The Balaban J connectivity index is 2.52. The molecule has 1 N–H and O–H groups in total. The number of benzene rings is 1. The third-order valence-corrected chi connectivity index (χ3v) is 3.32. The summed E-state index contributed by atoms with van der Waals surface area (Å²) in [6.07, 6.45) is 0. The zero-order valence-electron chi connectivity index (χ0n) is 10.6. The van der Waals surface area contributed by atoms with Crippen molar-refractivity contribution in [3.8, 4) is 5.69 Å². The lowest BCUT2D eigenvalue weighted by molar-refractivity contribution is 0.620. The standard InChI is InChI=1S/C13H15ClFN3/c1-8-13(14)9(2)18(17-8)12-5-10(7-16-3)4-11(15)6-12/h4-6,16H,7H2,1-3H3. The van der Waals surface area contributed by atoms with Gasteiger partial charge in [-0.2, -0.15) is 5.10 Å². The van der Waals surface area contributed by atoms with Crippen LogP contribution in [-0.4, -0.2) is 16.8 Å². The normalized spacial score (nSPS) is 10.9. The molecule has 2 aromatic rings. The SMILES string of the molecule is CNCc1cc(F)cc(-n2nc(C)c(Cl)c2C)c1. The smallest absolute Gasteiger partial charge is 0.125 e. The van der Waals surface area contributed by atoms with E-state index in [-0.39, 0.29) is 5.82 Å². The first-order valence-electron chi connectivity index (χ1n) is 5.69. The van der Waals surface area contributed by atoms with Gasteiger partial charge in [0.2, 0.25) is 0 Å². The van der Waals surface area contributed by atoms with Crippen LogP contribution in [0, 0.1) is 19.7 Å². The fraction of sp³-hybridized carbons (Fsp3) is 0.308. The van der Waals surface area contributed by atoms with E-state index in [1.54, 1.807) is 4.68 Å². The van der Waals surface area contributed by atoms with Crippen LogP contribution in [0.2, 0.25) is 5.02 Å². The van der Waals surface area contributed by atoms with E-state index in [1.165, 1.54) is 12.1 Å². The number of rotatable bonds is 3. The van der Waals surface area contributed by atoms with Crippen LogP contribution in [-0.2, 0) is 6.54 Å². The highest BCUT2D eigenvalue weighted by Crippen LogP contribution is 2.23. The highest BCUT2D eigenvalue weighted by atomic mass is 35.5. The van der Waals surface area contributed by atoms with Crippen molar-refractivity contribution in [3.63, 3.8) is 0 Å². The van der Waals surface area contributed by atoms with Crippen LogP contribution in [0.25, 0.3) is 5.69 Å². The molecule has 0 aliphatic heterocycles. The molecule has 1 aromatic heterocycles. The van der Waals surface area contributed by atoms with Gasteiger partial charge in [-0.1, -0.05) is 11.6 Å². The van der Waals surface area contributed by atoms with Gasteiger partial charge in [-0.3, -0.25) is 0 Å². The number of aromatic nitrogens is 2. The van der Waals surface area contributed by atoms with Gasteiger partial charge in [-0.15, -0.1) is 0 Å². The van der Waals surface area contributed by atoms with Crippen LogP contribution in [0.3, 0.4) is 0 Å². The lowest BCUT2D eigenvalue weighted by Crippen LogP contribution is -2.07. The van der Waals surface area contributed by atoms with Gasteiger partial charge in [0, 0.05) is 6.54 Å². The topological polar surface area (TPSA) is 29.9 Å². The van der Waals surface area contributed by atoms with Crippen LogP contribution in [0.1, 0.15) is 17.0 Å². The highest BCUT2D eigenvalue weighted by Gasteiger charge is 2.12. The molecule has 5 heteroatoms. The summed E-state index contributed by atoms with van der Waals surface area (Å²) in [6, 6.07) is 4.86. The second-order valence-electron chi connectivity index (χ2n) is 4.24. The molecule has 0 atom stereocenters. The van der Waals surface area contributed by atoms with E-state index in [0.29, 0.717) is 17.3 Å². The molecule has 0 amide bonds. The lowest BCUT2D eigenvalue weighted by Gasteiger charge is -2.08. The monoisotopic (exact) mass is 267 g/mol. The molecule has 0 unspecified atom stereocenters. The van der Waals surface area contributed by atoms with Crippen LogP contribution < -0.4 is 5.32 Å². The average Bonchev–Trinajstić information content (AvgIpc) is 2.57. The van der Waals surface area contributed by atoms with E-state index in [1.807, 2.05) is 27.0 Å². The molecule has 0 fully saturated rings. The largest absolute Gasteiger partial charge is 0.316 e. The quantitative estimate of drug-likeness (QED) is 0.927. The molecule has 0 saturated carbocycles. The third-order valence-electron chi connectivity index (χ3n) is 2.77.